The topological polar surface area (TPSA) is 63.2 Å². The van der Waals surface area contributed by atoms with Gasteiger partial charge in [0, 0.05) is 6.42 Å². The zero-order valence-electron chi connectivity index (χ0n) is 22.1. The van der Waals surface area contributed by atoms with Crippen LogP contribution < -0.4 is 0 Å². The van der Waals surface area contributed by atoms with E-state index in [9.17, 15) is 4.79 Å². The molecule has 0 aromatic heterocycles. The Morgan fingerprint density at radius 1 is 1.00 bits per heavy atom. The van der Waals surface area contributed by atoms with Crippen molar-refractivity contribution in [2.24, 2.45) is 0 Å². The first-order valence-corrected chi connectivity index (χ1v) is 13.5. The predicted octanol–water partition coefficient (Wildman–Crippen LogP) is 6.63. The fourth-order valence-corrected chi connectivity index (χ4v) is 4.83. The van der Waals surface area contributed by atoms with Crippen LogP contribution in [0.5, 0.6) is 0 Å². The van der Waals surface area contributed by atoms with Crippen molar-refractivity contribution in [2.75, 3.05) is 0 Å². The lowest BCUT2D eigenvalue weighted by molar-refractivity contribution is -0.233. The highest BCUT2D eigenvalue weighted by Crippen LogP contribution is 2.41. The highest BCUT2D eigenvalue weighted by atomic mass is 16.8. The van der Waals surface area contributed by atoms with Crippen molar-refractivity contribution in [3.63, 3.8) is 0 Å². The van der Waals surface area contributed by atoms with Gasteiger partial charge in [-0.2, -0.15) is 0 Å². The van der Waals surface area contributed by atoms with Crippen molar-refractivity contribution >= 4 is 5.97 Å². The molecule has 0 spiro atoms. The van der Waals surface area contributed by atoms with Crippen LogP contribution in [0.2, 0.25) is 0 Å². The van der Waals surface area contributed by atoms with Crippen molar-refractivity contribution in [2.45, 2.75) is 121 Å². The molecule has 2 fully saturated rings. The molecule has 2 aliphatic rings. The number of hydrogen-bond acceptors (Lipinski definition) is 6. The van der Waals surface area contributed by atoms with Crippen LogP contribution in [0.4, 0.5) is 0 Å². The third-order valence-electron chi connectivity index (χ3n) is 6.66. The number of rotatable bonds is 17. The monoisotopic (exact) mass is 500 g/mol. The summed E-state index contributed by atoms with van der Waals surface area (Å²) in [7, 11) is 0. The summed E-state index contributed by atoms with van der Waals surface area (Å²) in [5, 5.41) is 0. The molecule has 6 heteroatoms. The first kappa shape index (κ1) is 28.6. The Kier molecular flexibility index (Phi) is 11.6. The first-order valence-electron chi connectivity index (χ1n) is 13.5. The molecule has 200 valence electrons. The summed E-state index contributed by atoms with van der Waals surface area (Å²) >= 11 is 0. The van der Waals surface area contributed by atoms with E-state index >= 15 is 0 Å². The molecule has 1 aromatic rings. The van der Waals surface area contributed by atoms with Crippen LogP contribution in [0, 0.1) is 0 Å². The molecule has 2 heterocycles. The fourth-order valence-electron chi connectivity index (χ4n) is 4.83. The Morgan fingerprint density at radius 2 is 1.69 bits per heavy atom. The number of fused-ring (bicyclic) bond motifs is 1. The molecule has 0 bridgehead atoms. The summed E-state index contributed by atoms with van der Waals surface area (Å²) in [6.45, 7) is 11.7. The van der Waals surface area contributed by atoms with E-state index in [1.54, 1.807) is 0 Å². The van der Waals surface area contributed by atoms with Gasteiger partial charge >= 0.3 is 5.97 Å². The average molecular weight is 501 g/mol. The molecule has 5 atom stereocenters. The van der Waals surface area contributed by atoms with E-state index < -0.39 is 30.4 Å². The number of unbranched alkanes of at least 4 members (excludes halogenated alkanes) is 6. The molecule has 2 aliphatic heterocycles. The van der Waals surface area contributed by atoms with Crippen molar-refractivity contribution in [1.29, 1.82) is 0 Å². The highest BCUT2D eigenvalue weighted by Gasteiger charge is 2.57. The van der Waals surface area contributed by atoms with Gasteiger partial charge in [-0.15, -0.1) is 13.2 Å². The number of hydrogen-bond donors (Lipinski definition) is 0. The van der Waals surface area contributed by atoms with Crippen LogP contribution in [0.25, 0.3) is 0 Å². The maximum Gasteiger partial charge on any atom is 0.306 e. The minimum Gasteiger partial charge on any atom is -0.459 e. The second-order valence-corrected chi connectivity index (χ2v) is 10.2. The van der Waals surface area contributed by atoms with Crippen molar-refractivity contribution < 1.29 is 28.5 Å². The molecule has 0 aliphatic carbocycles. The minimum absolute atomic E-state index is 0.194. The molecular weight excluding hydrogens is 456 g/mol. The molecule has 2 saturated heterocycles. The number of carbonyl (C=O) groups excluding carboxylic acids is 1. The van der Waals surface area contributed by atoms with Gasteiger partial charge in [0.15, 0.2) is 12.1 Å². The quantitative estimate of drug-likeness (QED) is 0.136. The van der Waals surface area contributed by atoms with Crippen LogP contribution in [0.15, 0.2) is 55.6 Å². The second-order valence-electron chi connectivity index (χ2n) is 10.2. The summed E-state index contributed by atoms with van der Waals surface area (Å²) < 4.78 is 30.7. The second kappa shape index (κ2) is 14.7. The van der Waals surface area contributed by atoms with E-state index in [-0.39, 0.29) is 12.1 Å². The summed E-state index contributed by atoms with van der Waals surface area (Å²) in [4.78, 5) is 12.8. The van der Waals surface area contributed by atoms with E-state index in [1.807, 2.05) is 56.3 Å². The SMILES string of the molecule is C=CCCCCCCCCC(=O)O[C@H](CCC=C)[C@H]1O[C@@H]2OC(C)(C)O[C@@H]2[C@H]1OCc1ccccc1. The maximum absolute atomic E-state index is 12.8. The molecule has 0 unspecified atom stereocenters. The molecular formula is C30H44O6. The van der Waals surface area contributed by atoms with Crippen LogP contribution in [0.3, 0.4) is 0 Å². The summed E-state index contributed by atoms with van der Waals surface area (Å²) in [6, 6.07) is 9.99. The Bertz CT molecular complexity index is 807. The first-order chi connectivity index (χ1) is 17.4. The molecule has 0 saturated carbocycles. The highest BCUT2D eigenvalue weighted by molar-refractivity contribution is 5.69. The fraction of sp³-hybridized carbons (Fsp3) is 0.633. The van der Waals surface area contributed by atoms with Gasteiger partial charge in [0.2, 0.25) is 0 Å². The Balaban J connectivity index is 1.57. The van der Waals surface area contributed by atoms with E-state index in [1.165, 1.54) is 19.3 Å². The molecule has 3 rings (SSSR count). The Hall–Kier alpha value is -1.99. The summed E-state index contributed by atoms with van der Waals surface area (Å²) in [5.74, 6) is -0.950. The number of benzene rings is 1. The summed E-state index contributed by atoms with van der Waals surface area (Å²) in [5.41, 5.74) is 1.06. The number of esters is 1. The van der Waals surface area contributed by atoms with Gasteiger partial charge in [0.25, 0.3) is 0 Å². The molecule has 0 radical (unpaired) electrons. The zero-order chi connectivity index (χ0) is 25.8. The predicted molar refractivity (Wildman–Crippen MR) is 140 cm³/mol. The summed E-state index contributed by atoms with van der Waals surface area (Å²) in [6.07, 6.45) is 10.9. The molecule has 0 N–H and O–H groups in total. The van der Waals surface area contributed by atoms with Gasteiger partial charge in [0.05, 0.1) is 6.61 Å². The number of carbonyl (C=O) groups is 1. The molecule has 0 amide bonds. The van der Waals surface area contributed by atoms with Crippen LogP contribution in [-0.4, -0.2) is 42.5 Å². The van der Waals surface area contributed by atoms with Crippen molar-refractivity contribution in [3.05, 3.63) is 61.2 Å². The minimum atomic E-state index is -0.756. The smallest absolute Gasteiger partial charge is 0.306 e. The normalized spacial score (nSPS) is 25.3. The number of ether oxygens (including phenoxy) is 5. The Labute approximate surface area is 217 Å². The lowest BCUT2D eigenvalue weighted by Gasteiger charge is -2.31. The van der Waals surface area contributed by atoms with E-state index in [0.717, 1.165) is 31.2 Å². The van der Waals surface area contributed by atoms with Crippen molar-refractivity contribution in [3.8, 4) is 0 Å². The number of allylic oxidation sites excluding steroid dienone is 2. The zero-order valence-corrected chi connectivity index (χ0v) is 22.1. The average Bonchev–Trinajstić information content (AvgIpc) is 3.34. The third kappa shape index (κ3) is 8.84. The van der Waals surface area contributed by atoms with E-state index in [2.05, 4.69) is 13.2 Å². The van der Waals surface area contributed by atoms with E-state index in [0.29, 0.717) is 25.9 Å². The van der Waals surface area contributed by atoms with Gasteiger partial charge in [-0.25, -0.2) is 0 Å². The third-order valence-corrected chi connectivity index (χ3v) is 6.66. The molecule has 6 nitrogen and oxygen atoms in total. The van der Waals surface area contributed by atoms with Gasteiger partial charge < -0.3 is 23.7 Å². The van der Waals surface area contributed by atoms with E-state index in [4.69, 9.17) is 23.7 Å². The van der Waals surface area contributed by atoms with Crippen LogP contribution in [0.1, 0.15) is 83.6 Å². The van der Waals surface area contributed by atoms with Crippen LogP contribution in [-0.2, 0) is 35.1 Å². The Morgan fingerprint density at radius 3 is 2.42 bits per heavy atom. The van der Waals surface area contributed by atoms with Gasteiger partial charge in [-0.3, -0.25) is 4.79 Å². The maximum atomic E-state index is 12.8. The van der Waals surface area contributed by atoms with Gasteiger partial charge in [-0.05, 0) is 51.5 Å². The lowest BCUT2D eigenvalue weighted by atomic mass is 10.0. The van der Waals surface area contributed by atoms with Crippen molar-refractivity contribution in [1.82, 2.24) is 0 Å². The van der Waals surface area contributed by atoms with Gasteiger partial charge in [-0.1, -0.05) is 68.2 Å². The molecule has 36 heavy (non-hydrogen) atoms. The standard InChI is InChI=1S/C30H44O6/c1-5-7-9-10-11-12-13-17-21-25(31)33-24(20-8-6-2)26-27(32-22-23-18-15-14-16-19-23)28-29(34-26)36-30(3,4)35-28/h5-6,14-16,18-19,24,26-29H,1-2,7-13,17,20-22H2,3-4H3/t24-,26-,27+,28-,29-/m1/s1. The molecule has 1 aromatic carbocycles. The lowest BCUT2D eigenvalue weighted by Crippen LogP contribution is -2.44. The van der Waals surface area contributed by atoms with Crippen LogP contribution >= 0.6 is 0 Å². The largest absolute Gasteiger partial charge is 0.459 e. The van der Waals surface area contributed by atoms with Gasteiger partial charge in [0.1, 0.15) is 24.4 Å².